The molecule has 4 atom stereocenters. The number of likely N-dealkylation sites (tertiary alicyclic amines) is 1. The summed E-state index contributed by atoms with van der Waals surface area (Å²) in [6.45, 7) is 4.39. The molecule has 0 radical (unpaired) electrons. The Bertz CT molecular complexity index is 753. The molecule has 1 aromatic rings. The maximum absolute atomic E-state index is 13.0. The van der Waals surface area contributed by atoms with Gasteiger partial charge in [0.15, 0.2) is 0 Å². The zero-order valence-electron chi connectivity index (χ0n) is 14.4. The number of piperidine rings is 1. The second-order valence-corrected chi connectivity index (χ2v) is 7.42. The number of hydrogen-bond acceptors (Lipinski definition) is 4. The van der Waals surface area contributed by atoms with E-state index in [9.17, 15) is 14.4 Å². The number of amides is 2. The Morgan fingerprint density at radius 3 is 2.84 bits per heavy atom. The molecule has 25 heavy (non-hydrogen) atoms. The lowest BCUT2D eigenvalue weighted by atomic mass is 9.78. The summed E-state index contributed by atoms with van der Waals surface area (Å²) in [7, 11) is 0. The van der Waals surface area contributed by atoms with Gasteiger partial charge in [-0.15, -0.1) is 0 Å². The van der Waals surface area contributed by atoms with Gasteiger partial charge in [-0.3, -0.25) is 19.0 Å². The molecule has 1 aromatic heterocycles. The largest absolute Gasteiger partial charge is 0.350 e. The summed E-state index contributed by atoms with van der Waals surface area (Å²) >= 11 is 0. The van der Waals surface area contributed by atoms with Crippen LogP contribution in [0.2, 0.25) is 0 Å². The molecular weight excluding hydrogens is 320 g/mol. The molecule has 0 spiro atoms. The number of pyridine rings is 1. The van der Waals surface area contributed by atoms with Crippen molar-refractivity contribution in [3.8, 4) is 0 Å². The van der Waals surface area contributed by atoms with E-state index in [1.54, 1.807) is 17.6 Å². The Balaban J connectivity index is 1.71. The Labute approximate surface area is 146 Å². The van der Waals surface area contributed by atoms with Gasteiger partial charge in [-0.05, 0) is 25.5 Å². The molecule has 4 rings (SSSR count). The van der Waals surface area contributed by atoms with E-state index in [1.165, 1.54) is 6.07 Å². The van der Waals surface area contributed by atoms with Gasteiger partial charge in [-0.1, -0.05) is 6.07 Å². The quantitative estimate of drug-likeness (QED) is 0.781. The molecule has 0 unspecified atom stereocenters. The van der Waals surface area contributed by atoms with Gasteiger partial charge >= 0.3 is 0 Å². The first-order chi connectivity index (χ1) is 12.0. The van der Waals surface area contributed by atoms with Crippen molar-refractivity contribution in [2.75, 3.05) is 26.2 Å². The van der Waals surface area contributed by atoms with E-state index in [1.807, 2.05) is 11.0 Å². The highest BCUT2D eigenvalue weighted by molar-refractivity contribution is 5.82. The number of fused-ring (bicyclic) bond motifs is 4. The molecule has 2 bridgehead atoms. The molecule has 3 aliphatic heterocycles. The van der Waals surface area contributed by atoms with Gasteiger partial charge in [0.2, 0.25) is 11.8 Å². The minimum absolute atomic E-state index is 0.0235. The highest BCUT2D eigenvalue weighted by Gasteiger charge is 2.44. The number of nitrogens with one attached hydrogen (secondary N) is 2. The maximum Gasteiger partial charge on any atom is 0.251 e. The van der Waals surface area contributed by atoms with Crippen LogP contribution in [-0.2, 0) is 9.59 Å². The van der Waals surface area contributed by atoms with Crippen LogP contribution in [-0.4, -0.2) is 53.5 Å². The van der Waals surface area contributed by atoms with Gasteiger partial charge in [-0.25, -0.2) is 0 Å². The smallest absolute Gasteiger partial charge is 0.251 e. The van der Waals surface area contributed by atoms with Crippen LogP contribution in [0.25, 0.3) is 0 Å². The number of nitrogens with zero attached hydrogens (tertiary/aromatic N) is 2. The molecule has 2 amide bonds. The normalized spacial score (nSPS) is 30.7. The van der Waals surface area contributed by atoms with E-state index in [-0.39, 0.29) is 35.3 Å². The van der Waals surface area contributed by atoms with Gasteiger partial charge in [0, 0.05) is 56.2 Å². The highest BCUT2D eigenvalue weighted by Crippen LogP contribution is 2.41. The summed E-state index contributed by atoms with van der Waals surface area (Å²) in [6.07, 6.45) is 1.75. The second-order valence-electron chi connectivity index (χ2n) is 7.42. The average Bonchev–Trinajstić information content (AvgIpc) is 3.08. The molecule has 0 saturated carbocycles. The maximum atomic E-state index is 13.0. The van der Waals surface area contributed by atoms with Crippen LogP contribution < -0.4 is 16.2 Å². The number of carbonyl (C=O) groups excluding carboxylic acids is 2. The van der Waals surface area contributed by atoms with Crippen molar-refractivity contribution in [3.63, 3.8) is 0 Å². The van der Waals surface area contributed by atoms with Crippen molar-refractivity contribution >= 4 is 11.8 Å². The fraction of sp³-hybridized carbons (Fsp3) is 0.611. The summed E-state index contributed by atoms with van der Waals surface area (Å²) < 4.78 is 1.67. The fourth-order valence-corrected chi connectivity index (χ4v) is 4.59. The first kappa shape index (κ1) is 16.3. The molecule has 7 nitrogen and oxygen atoms in total. The van der Waals surface area contributed by atoms with Crippen LogP contribution in [0.5, 0.6) is 0 Å². The average molecular weight is 344 g/mol. The van der Waals surface area contributed by atoms with E-state index in [4.69, 9.17) is 0 Å². The molecule has 2 N–H and O–H groups in total. The summed E-state index contributed by atoms with van der Waals surface area (Å²) in [5.41, 5.74) is 0.743. The van der Waals surface area contributed by atoms with Gasteiger partial charge in [0.1, 0.15) is 6.04 Å². The standard InChI is InChI=1S/C18H24N4O3/c1-11(23)21-9-12-7-13(10-21)17(18(25)20-14-5-6-19-8-14)22-15(12)3-2-4-16(22)24/h2-4,12-14,17,19H,5-10H2,1H3,(H,20,25)/t12-,13+,14+,17-/m1/s1. The topological polar surface area (TPSA) is 83.4 Å². The Hall–Kier alpha value is -2.15. The SMILES string of the molecule is CC(=O)N1C[C@H]2C[C@@H](C1)[C@H](C(=O)N[C@H]1CCNC1)n1c2cccc1=O. The van der Waals surface area contributed by atoms with E-state index >= 15 is 0 Å². The summed E-state index contributed by atoms with van der Waals surface area (Å²) in [6, 6.07) is 4.76. The highest BCUT2D eigenvalue weighted by atomic mass is 16.2. The van der Waals surface area contributed by atoms with Gasteiger partial charge in [-0.2, -0.15) is 0 Å². The van der Waals surface area contributed by atoms with Gasteiger partial charge in [0.05, 0.1) is 0 Å². The van der Waals surface area contributed by atoms with Gasteiger partial charge < -0.3 is 15.5 Å². The lowest BCUT2D eigenvalue weighted by molar-refractivity contribution is -0.135. The third-order valence-corrected chi connectivity index (χ3v) is 5.77. The molecule has 3 aliphatic rings. The number of rotatable bonds is 2. The third kappa shape index (κ3) is 2.86. The Morgan fingerprint density at radius 2 is 2.12 bits per heavy atom. The minimum Gasteiger partial charge on any atom is -0.350 e. The molecule has 2 fully saturated rings. The molecule has 7 heteroatoms. The van der Waals surface area contributed by atoms with Crippen LogP contribution in [0, 0.1) is 5.92 Å². The zero-order chi connectivity index (χ0) is 17.6. The van der Waals surface area contributed by atoms with Crippen LogP contribution in [0.1, 0.15) is 37.4 Å². The van der Waals surface area contributed by atoms with Crippen LogP contribution in [0.4, 0.5) is 0 Å². The zero-order valence-corrected chi connectivity index (χ0v) is 14.4. The van der Waals surface area contributed by atoms with E-state index in [0.29, 0.717) is 13.1 Å². The molecule has 2 saturated heterocycles. The van der Waals surface area contributed by atoms with Crippen molar-refractivity contribution < 1.29 is 9.59 Å². The first-order valence-corrected chi connectivity index (χ1v) is 9.02. The van der Waals surface area contributed by atoms with Crippen molar-refractivity contribution in [2.24, 2.45) is 5.92 Å². The van der Waals surface area contributed by atoms with Crippen molar-refractivity contribution in [1.82, 2.24) is 20.1 Å². The van der Waals surface area contributed by atoms with E-state index in [2.05, 4.69) is 10.6 Å². The molecular formula is C18H24N4O3. The summed E-state index contributed by atoms with van der Waals surface area (Å²) in [4.78, 5) is 39.3. The molecule has 134 valence electrons. The minimum atomic E-state index is -0.539. The van der Waals surface area contributed by atoms with Crippen molar-refractivity contribution in [3.05, 3.63) is 34.2 Å². The number of aromatic nitrogens is 1. The van der Waals surface area contributed by atoms with Crippen molar-refractivity contribution in [2.45, 2.75) is 37.8 Å². The molecule has 0 aliphatic carbocycles. The number of carbonyl (C=O) groups is 2. The summed E-state index contributed by atoms with van der Waals surface area (Å²) in [5, 5.41) is 6.34. The lowest BCUT2D eigenvalue weighted by Crippen LogP contribution is -2.55. The lowest BCUT2D eigenvalue weighted by Gasteiger charge is -2.46. The van der Waals surface area contributed by atoms with Crippen LogP contribution in [0.3, 0.4) is 0 Å². The van der Waals surface area contributed by atoms with Crippen LogP contribution >= 0.6 is 0 Å². The third-order valence-electron chi connectivity index (χ3n) is 5.77. The van der Waals surface area contributed by atoms with Gasteiger partial charge in [0.25, 0.3) is 5.56 Å². The van der Waals surface area contributed by atoms with Crippen LogP contribution in [0.15, 0.2) is 23.0 Å². The van der Waals surface area contributed by atoms with Crippen molar-refractivity contribution in [1.29, 1.82) is 0 Å². The predicted molar refractivity (Wildman–Crippen MR) is 92.3 cm³/mol. The second kappa shape index (κ2) is 6.29. The predicted octanol–water partition coefficient (Wildman–Crippen LogP) is -0.167. The monoisotopic (exact) mass is 344 g/mol. The molecule has 4 heterocycles. The molecule has 0 aromatic carbocycles. The fourth-order valence-electron chi connectivity index (χ4n) is 4.59. The Kier molecular flexibility index (Phi) is 4.11. The number of hydrogen-bond donors (Lipinski definition) is 2. The Morgan fingerprint density at radius 1 is 1.28 bits per heavy atom. The first-order valence-electron chi connectivity index (χ1n) is 9.02. The summed E-state index contributed by atoms with van der Waals surface area (Å²) in [5.74, 6) is 0.0241. The van der Waals surface area contributed by atoms with E-state index < -0.39 is 6.04 Å². The van der Waals surface area contributed by atoms with E-state index in [0.717, 1.165) is 31.6 Å².